The third kappa shape index (κ3) is 3.76. The maximum absolute atomic E-state index is 12.5. The zero-order chi connectivity index (χ0) is 15.5. The molecule has 0 aromatic carbocycles. The monoisotopic (exact) mass is 297 g/mol. The standard InChI is InChI=1S/C16H31N3O2/c1-12-6-5-7-16(8-12,19(3)4)11-18-15(20)13-9-21-10-14(13)17-2/h12-14,17H,5-11H2,1-4H3,(H,18,20). The molecule has 1 heterocycles. The Morgan fingerprint density at radius 1 is 1.38 bits per heavy atom. The van der Waals surface area contributed by atoms with Gasteiger partial charge in [0.05, 0.1) is 19.1 Å². The van der Waals surface area contributed by atoms with E-state index in [1.54, 1.807) is 0 Å². The molecule has 0 bridgehead atoms. The lowest BCUT2D eigenvalue weighted by atomic mass is 9.75. The summed E-state index contributed by atoms with van der Waals surface area (Å²) >= 11 is 0. The van der Waals surface area contributed by atoms with Gasteiger partial charge < -0.3 is 20.3 Å². The average molecular weight is 297 g/mol. The van der Waals surface area contributed by atoms with E-state index in [0.29, 0.717) is 13.2 Å². The smallest absolute Gasteiger partial charge is 0.227 e. The minimum atomic E-state index is -0.0600. The number of likely N-dealkylation sites (N-methyl/N-ethyl adjacent to an activating group) is 2. The number of ether oxygens (including phenoxy) is 1. The van der Waals surface area contributed by atoms with Gasteiger partial charge in [-0.25, -0.2) is 0 Å². The molecule has 0 radical (unpaired) electrons. The molecule has 2 fully saturated rings. The molecule has 2 rings (SSSR count). The van der Waals surface area contributed by atoms with Crippen LogP contribution >= 0.6 is 0 Å². The lowest BCUT2D eigenvalue weighted by Gasteiger charge is -2.45. The van der Waals surface area contributed by atoms with Crippen molar-refractivity contribution in [2.45, 2.75) is 44.2 Å². The van der Waals surface area contributed by atoms with Crippen LogP contribution in [0.15, 0.2) is 0 Å². The molecule has 21 heavy (non-hydrogen) atoms. The summed E-state index contributed by atoms with van der Waals surface area (Å²) < 4.78 is 5.43. The van der Waals surface area contributed by atoms with Gasteiger partial charge >= 0.3 is 0 Å². The Morgan fingerprint density at radius 2 is 2.14 bits per heavy atom. The lowest BCUT2D eigenvalue weighted by Crippen LogP contribution is -2.56. The minimum absolute atomic E-state index is 0.0600. The van der Waals surface area contributed by atoms with Gasteiger partial charge in [-0.05, 0) is 39.9 Å². The van der Waals surface area contributed by atoms with Gasteiger partial charge in [0.25, 0.3) is 0 Å². The number of rotatable bonds is 5. The average Bonchev–Trinajstić information content (AvgIpc) is 2.93. The van der Waals surface area contributed by atoms with Crippen LogP contribution in [0.4, 0.5) is 0 Å². The first-order valence-corrected chi connectivity index (χ1v) is 8.18. The molecule has 0 spiro atoms. The molecule has 122 valence electrons. The summed E-state index contributed by atoms with van der Waals surface area (Å²) in [5.41, 5.74) is 0.113. The summed E-state index contributed by atoms with van der Waals surface area (Å²) in [7, 11) is 6.17. The van der Waals surface area contributed by atoms with Gasteiger partial charge in [-0.2, -0.15) is 0 Å². The number of carbonyl (C=O) groups excluding carboxylic acids is 1. The number of nitrogens with one attached hydrogen (secondary N) is 2. The second-order valence-electron chi connectivity index (χ2n) is 7.08. The predicted molar refractivity (Wildman–Crippen MR) is 84.2 cm³/mol. The van der Waals surface area contributed by atoms with E-state index in [-0.39, 0.29) is 23.4 Å². The second kappa shape index (κ2) is 7.07. The Kier molecular flexibility index (Phi) is 5.63. The van der Waals surface area contributed by atoms with Crippen molar-refractivity contribution in [3.8, 4) is 0 Å². The van der Waals surface area contributed by atoms with E-state index < -0.39 is 0 Å². The normalized spacial score (nSPS) is 36.9. The van der Waals surface area contributed by atoms with E-state index in [1.165, 1.54) is 19.3 Å². The van der Waals surface area contributed by atoms with Crippen molar-refractivity contribution in [1.29, 1.82) is 0 Å². The maximum Gasteiger partial charge on any atom is 0.227 e. The van der Waals surface area contributed by atoms with Crippen molar-refractivity contribution in [3.63, 3.8) is 0 Å². The molecule has 5 nitrogen and oxygen atoms in total. The predicted octanol–water partition coefficient (Wildman–Crippen LogP) is 0.848. The van der Waals surface area contributed by atoms with E-state index in [2.05, 4.69) is 36.6 Å². The van der Waals surface area contributed by atoms with E-state index in [1.807, 2.05) is 7.05 Å². The van der Waals surface area contributed by atoms with Crippen molar-refractivity contribution in [2.24, 2.45) is 11.8 Å². The summed E-state index contributed by atoms with van der Waals surface area (Å²) in [4.78, 5) is 14.8. The molecular weight excluding hydrogens is 266 g/mol. The highest BCUT2D eigenvalue weighted by Gasteiger charge is 2.39. The lowest BCUT2D eigenvalue weighted by molar-refractivity contribution is -0.126. The molecule has 1 aliphatic carbocycles. The number of hydrogen-bond donors (Lipinski definition) is 2. The fourth-order valence-electron chi connectivity index (χ4n) is 3.84. The van der Waals surface area contributed by atoms with Crippen LogP contribution in [-0.4, -0.2) is 63.3 Å². The SMILES string of the molecule is CNC1COCC1C(=O)NCC1(N(C)C)CCCC(C)C1. The molecule has 1 amide bonds. The Labute approximate surface area is 128 Å². The first-order valence-electron chi connectivity index (χ1n) is 8.18. The number of carbonyl (C=O) groups is 1. The molecule has 1 saturated heterocycles. The number of hydrogen-bond acceptors (Lipinski definition) is 4. The van der Waals surface area contributed by atoms with Gasteiger partial charge in [0.1, 0.15) is 0 Å². The van der Waals surface area contributed by atoms with E-state index in [9.17, 15) is 4.79 Å². The molecule has 1 aliphatic heterocycles. The van der Waals surface area contributed by atoms with Gasteiger partial charge in [-0.3, -0.25) is 4.79 Å². The first kappa shape index (κ1) is 16.7. The van der Waals surface area contributed by atoms with Crippen molar-refractivity contribution >= 4 is 5.91 Å². The van der Waals surface area contributed by atoms with Crippen molar-refractivity contribution < 1.29 is 9.53 Å². The van der Waals surface area contributed by atoms with E-state index in [0.717, 1.165) is 18.9 Å². The second-order valence-corrected chi connectivity index (χ2v) is 7.08. The van der Waals surface area contributed by atoms with Gasteiger partial charge in [0.2, 0.25) is 5.91 Å². The van der Waals surface area contributed by atoms with Gasteiger partial charge in [-0.1, -0.05) is 19.8 Å². The van der Waals surface area contributed by atoms with Crippen LogP contribution in [0.3, 0.4) is 0 Å². The van der Waals surface area contributed by atoms with Gasteiger partial charge in [-0.15, -0.1) is 0 Å². The zero-order valence-corrected chi connectivity index (χ0v) is 13.9. The Hall–Kier alpha value is -0.650. The Morgan fingerprint density at radius 3 is 2.76 bits per heavy atom. The van der Waals surface area contributed by atoms with Crippen LogP contribution in [-0.2, 0) is 9.53 Å². The third-order valence-electron chi connectivity index (χ3n) is 5.40. The molecule has 4 unspecified atom stereocenters. The summed E-state index contributed by atoms with van der Waals surface area (Å²) in [6, 6.07) is 0.144. The summed E-state index contributed by atoms with van der Waals surface area (Å²) in [6.07, 6.45) is 4.89. The van der Waals surface area contributed by atoms with Crippen LogP contribution < -0.4 is 10.6 Å². The van der Waals surface area contributed by atoms with Crippen molar-refractivity contribution in [1.82, 2.24) is 15.5 Å². The molecule has 1 saturated carbocycles. The molecule has 5 heteroatoms. The highest BCUT2D eigenvalue weighted by atomic mass is 16.5. The molecule has 4 atom stereocenters. The Bertz CT molecular complexity index is 361. The van der Waals surface area contributed by atoms with Crippen LogP contribution in [0.25, 0.3) is 0 Å². The topological polar surface area (TPSA) is 53.6 Å². The highest BCUT2D eigenvalue weighted by Crippen LogP contribution is 2.35. The minimum Gasteiger partial charge on any atom is -0.379 e. The quantitative estimate of drug-likeness (QED) is 0.790. The third-order valence-corrected chi connectivity index (χ3v) is 5.40. The summed E-state index contributed by atoms with van der Waals surface area (Å²) in [5, 5.41) is 6.38. The largest absolute Gasteiger partial charge is 0.379 e. The van der Waals surface area contributed by atoms with E-state index >= 15 is 0 Å². The first-order chi connectivity index (χ1) is 9.98. The fraction of sp³-hybridized carbons (Fsp3) is 0.938. The maximum atomic E-state index is 12.5. The summed E-state index contributed by atoms with van der Waals surface area (Å²) in [6.45, 7) is 4.23. The van der Waals surface area contributed by atoms with Crippen molar-refractivity contribution in [3.05, 3.63) is 0 Å². The van der Waals surface area contributed by atoms with Gasteiger partial charge in [0, 0.05) is 18.1 Å². The van der Waals surface area contributed by atoms with Gasteiger partial charge in [0.15, 0.2) is 0 Å². The molecule has 0 aromatic rings. The molecular formula is C16H31N3O2. The molecule has 0 aromatic heterocycles. The van der Waals surface area contributed by atoms with Crippen LogP contribution in [0.5, 0.6) is 0 Å². The zero-order valence-electron chi connectivity index (χ0n) is 13.9. The van der Waals surface area contributed by atoms with Crippen LogP contribution in [0.1, 0.15) is 32.6 Å². The van der Waals surface area contributed by atoms with Crippen LogP contribution in [0.2, 0.25) is 0 Å². The Balaban J connectivity index is 1.94. The highest BCUT2D eigenvalue weighted by molar-refractivity contribution is 5.80. The fourth-order valence-corrected chi connectivity index (χ4v) is 3.84. The molecule has 2 aliphatic rings. The van der Waals surface area contributed by atoms with Crippen molar-refractivity contribution in [2.75, 3.05) is 40.9 Å². The van der Waals surface area contributed by atoms with Crippen LogP contribution in [0, 0.1) is 11.8 Å². The van der Waals surface area contributed by atoms with E-state index in [4.69, 9.17) is 4.74 Å². The number of nitrogens with zero attached hydrogens (tertiary/aromatic N) is 1. The molecule has 2 N–H and O–H groups in total. The number of amides is 1. The summed E-state index contributed by atoms with van der Waals surface area (Å²) in [5.74, 6) is 0.805.